The van der Waals surface area contributed by atoms with Crippen molar-refractivity contribution in [3.05, 3.63) is 53.4 Å². The third kappa shape index (κ3) is 5.05. The molecule has 31 heavy (non-hydrogen) atoms. The Labute approximate surface area is 180 Å². The van der Waals surface area contributed by atoms with Crippen molar-refractivity contribution < 1.29 is 18.7 Å². The summed E-state index contributed by atoms with van der Waals surface area (Å²) in [6.45, 7) is 4.82. The number of rotatable bonds is 5. The first-order valence-electron chi connectivity index (χ1n) is 10.5. The van der Waals surface area contributed by atoms with E-state index in [1.165, 1.54) is 24.3 Å². The summed E-state index contributed by atoms with van der Waals surface area (Å²) in [6, 6.07) is 5.53. The first kappa shape index (κ1) is 21.3. The number of morpholine rings is 1. The van der Waals surface area contributed by atoms with Crippen LogP contribution in [0.2, 0.25) is 0 Å². The number of ether oxygens (including phenoxy) is 1. The first-order valence-corrected chi connectivity index (χ1v) is 10.5. The van der Waals surface area contributed by atoms with Gasteiger partial charge in [0.25, 0.3) is 5.91 Å². The number of hydrogen-bond donors (Lipinski definition) is 1. The Morgan fingerprint density at radius 3 is 2.68 bits per heavy atom. The van der Waals surface area contributed by atoms with E-state index in [2.05, 4.69) is 15.3 Å². The van der Waals surface area contributed by atoms with Gasteiger partial charge in [-0.15, -0.1) is 0 Å². The Balaban J connectivity index is 1.51. The van der Waals surface area contributed by atoms with Gasteiger partial charge in [0.2, 0.25) is 5.91 Å². The maximum atomic E-state index is 13.1. The third-order valence-electron chi connectivity index (χ3n) is 5.62. The van der Waals surface area contributed by atoms with Gasteiger partial charge in [0.05, 0.1) is 37.1 Å². The fraction of sp³-hybridized carbons (Fsp3) is 0.455. The molecule has 0 unspecified atom stereocenters. The second-order valence-corrected chi connectivity index (χ2v) is 7.80. The summed E-state index contributed by atoms with van der Waals surface area (Å²) >= 11 is 0. The molecular weight excluding hydrogens is 401 g/mol. The van der Waals surface area contributed by atoms with E-state index in [9.17, 15) is 14.0 Å². The topological polar surface area (TPSA) is 87.7 Å². The minimum Gasteiger partial charge on any atom is -0.378 e. The lowest BCUT2D eigenvalue weighted by Crippen LogP contribution is -2.42. The van der Waals surface area contributed by atoms with E-state index < -0.39 is 0 Å². The second-order valence-electron chi connectivity index (χ2n) is 7.80. The number of aromatic nitrogens is 2. The van der Waals surface area contributed by atoms with Crippen LogP contribution in [-0.4, -0.2) is 71.0 Å². The standard InChI is InChI=1S/C22H26FN5O3/c1-15-24-13-18(22(30)27-9-11-31-12-10-27)21(25-15)19-3-2-8-28(19)14-20(29)26-17-6-4-16(23)5-7-17/h4-7,13,19H,2-3,8-12,14H2,1H3,(H,26,29)/t19-/m1/s1. The molecular formula is C22H26FN5O3. The molecule has 0 bridgehead atoms. The molecule has 0 aliphatic carbocycles. The molecule has 2 amide bonds. The van der Waals surface area contributed by atoms with Crippen LogP contribution < -0.4 is 5.32 Å². The molecule has 0 radical (unpaired) electrons. The van der Waals surface area contributed by atoms with Gasteiger partial charge >= 0.3 is 0 Å². The smallest absolute Gasteiger partial charge is 0.257 e. The van der Waals surface area contributed by atoms with E-state index in [4.69, 9.17) is 4.74 Å². The number of likely N-dealkylation sites (tertiary alicyclic amines) is 1. The van der Waals surface area contributed by atoms with Crippen molar-refractivity contribution in [3.63, 3.8) is 0 Å². The van der Waals surface area contributed by atoms with E-state index >= 15 is 0 Å². The van der Waals surface area contributed by atoms with E-state index in [-0.39, 0.29) is 30.2 Å². The Bertz CT molecular complexity index is 947. The van der Waals surface area contributed by atoms with Gasteiger partial charge in [-0.3, -0.25) is 14.5 Å². The van der Waals surface area contributed by atoms with E-state index in [0.29, 0.717) is 49.1 Å². The van der Waals surface area contributed by atoms with Crippen LogP contribution in [0, 0.1) is 12.7 Å². The summed E-state index contributed by atoms with van der Waals surface area (Å²) in [7, 11) is 0. The van der Waals surface area contributed by atoms with Crippen molar-refractivity contribution >= 4 is 17.5 Å². The van der Waals surface area contributed by atoms with Gasteiger partial charge < -0.3 is 15.0 Å². The summed E-state index contributed by atoms with van der Waals surface area (Å²) in [5.74, 6) is -0.0448. The molecule has 2 fully saturated rings. The average Bonchev–Trinajstić information content (AvgIpc) is 3.23. The SMILES string of the molecule is Cc1ncc(C(=O)N2CCOCC2)c([C@H]2CCCN2CC(=O)Nc2ccc(F)cc2)n1. The Hall–Kier alpha value is -2.91. The highest BCUT2D eigenvalue weighted by atomic mass is 19.1. The fourth-order valence-corrected chi connectivity index (χ4v) is 4.09. The van der Waals surface area contributed by atoms with E-state index in [0.717, 1.165) is 19.4 Å². The number of halogens is 1. The van der Waals surface area contributed by atoms with Gasteiger partial charge in [-0.25, -0.2) is 14.4 Å². The van der Waals surface area contributed by atoms with E-state index in [1.807, 2.05) is 4.90 Å². The van der Waals surface area contributed by atoms with Crippen LogP contribution in [0.5, 0.6) is 0 Å². The molecule has 1 aromatic heterocycles. The van der Waals surface area contributed by atoms with Crippen LogP contribution in [0.4, 0.5) is 10.1 Å². The van der Waals surface area contributed by atoms with Crippen molar-refractivity contribution in [2.45, 2.75) is 25.8 Å². The number of nitrogens with one attached hydrogen (secondary N) is 1. The summed E-state index contributed by atoms with van der Waals surface area (Å²) in [5.41, 5.74) is 1.71. The molecule has 3 heterocycles. The third-order valence-corrected chi connectivity index (χ3v) is 5.62. The van der Waals surface area contributed by atoms with E-state index in [1.54, 1.807) is 18.0 Å². The second kappa shape index (κ2) is 9.49. The molecule has 164 valence electrons. The monoisotopic (exact) mass is 427 g/mol. The van der Waals surface area contributed by atoms with Gasteiger partial charge in [-0.2, -0.15) is 0 Å². The number of benzene rings is 1. The summed E-state index contributed by atoms with van der Waals surface area (Å²) in [4.78, 5) is 38.4. The van der Waals surface area contributed by atoms with Crippen LogP contribution in [0.3, 0.4) is 0 Å². The lowest BCUT2D eigenvalue weighted by Gasteiger charge is -2.29. The van der Waals surface area contributed by atoms with Crippen molar-refractivity contribution in [2.75, 3.05) is 44.7 Å². The fourth-order valence-electron chi connectivity index (χ4n) is 4.09. The maximum absolute atomic E-state index is 13.1. The number of amides is 2. The predicted molar refractivity (Wildman–Crippen MR) is 112 cm³/mol. The highest BCUT2D eigenvalue weighted by Crippen LogP contribution is 2.33. The summed E-state index contributed by atoms with van der Waals surface area (Å²) in [5, 5.41) is 2.80. The number of hydrogen-bond acceptors (Lipinski definition) is 6. The maximum Gasteiger partial charge on any atom is 0.257 e. The molecule has 0 saturated carbocycles. The molecule has 1 N–H and O–H groups in total. The van der Waals surface area contributed by atoms with Crippen molar-refractivity contribution in [3.8, 4) is 0 Å². The first-order chi connectivity index (χ1) is 15.0. The lowest BCUT2D eigenvalue weighted by molar-refractivity contribution is -0.117. The van der Waals surface area contributed by atoms with Crippen LogP contribution in [0.25, 0.3) is 0 Å². The molecule has 2 saturated heterocycles. The highest BCUT2D eigenvalue weighted by Gasteiger charge is 2.33. The largest absolute Gasteiger partial charge is 0.378 e. The molecule has 8 nitrogen and oxygen atoms in total. The molecule has 1 aromatic carbocycles. The Kier molecular flexibility index (Phi) is 6.53. The van der Waals surface area contributed by atoms with Crippen molar-refractivity contribution in [2.24, 2.45) is 0 Å². The van der Waals surface area contributed by atoms with Gasteiger partial charge in [0, 0.05) is 25.0 Å². The van der Waals surface area contributed by atoms with Crippen LogP contribution >= 0.6 is 0 Å². The molecule has 2 aliphatic heterocycles. The quantitative estimate of drug-likeness (QED) is 0.787. The molecule has 4 rings (SSSR count). The minimum atomic E-state index is -0.353. The van der Waals surface area contributed by atoms with Gasteiger partial charge in [0.15, 0.2) is 0 Å². The normalized spacial score (nSPS) is 19.4. The van der Waals surface area contributed by atoms with Crippen LogP contribution in [-0.2, 0) is 9.53 Å². The van der Waals surface area contributed by atoms with Crippen molar-refractivity contribution in [1.82, 2.24) is 19.8 Å². The number of aryl methyl sites for hydroxylation is 1. The number of nitrogens with zero attached hydrogens (tertiary/aromatic N) is 4. The predicted octanol–water partition coefficient (Wildman–Crippen LogP) is 2.17. The molecule has 0 spiro atoms. The van der Waals surface area contributed by atoms with Gasteiger partial charge in [0.1, 0.15) is 11.6 Å². The van der Waals surface area contributed by atoms with Crippen LogP contribution in [0.1, 0.15) is 40.8 Å². The molecule has 1 atom stereocenters. The zero-order chi connectivity index (χ0) is 21.8. The zero-order valence-corrected chi connectivity index (χ0v) is 17.5. The summed E-state index contributed by atoms with van der Waals surface area (Å²) in [6.07, 6.45) is 3.32. The Morgan fingerprint density at radius 2 is 1.94 bits per heavy atom. The van der Waals surface area contributed by atoms with Crippen LogP contribution in [0.15, 0.2) is 30.5 Å². The lowest BCUT2D eigenvalue weighted by atomic mass is 10.0. The number of carbonyl (C=O) groups excluding carboxylic acids is 2. The van der Waals surface area contributed by atoms with Crippen molar-refractivity contribution in [1.29, 1.82) is 0 Å². The summed E-state index contributed by atoms with van der Waals surface area (Å²) < 4.78 is 18.4. The molecule has 9 heteroatoms. The van der Waals surface area contributed by atoms with Gasteiger partial charge in [-0.1, -0.05) is 0 Å². The molecule has 2 aromatic rings. The number of anilines is 1. The highest BCUT2D eigenvalue weighted by molar-refractivity contribution is 5.95. The Morgan fingerprint density at radius 1 is 1.19 bits per heavy atom. The zero-order valence-electron chi connectivity index (χ0n) is 17.5. The minimum absolute atomic E-state index is 0.0964. The van der Waals surface area contributed by atoms with Gasteiger partial charge in [-0.05, 0) is 50.6 Å². The average molecular weight is 427 g/mol. The number of carbonyl (C=O) groups is 2. The molecule has 2 aliphatic rings.